The lowest BCUT2D eigenvalue weighted by Crippen LogP contribution is -2.14. The Labute approximate surface area is 137 Å². The fourth-order valence-corrected chi connectivity index (χ4v) is 2.61. The first-order valence-electron chi connectivity index (χ1n) is 5.29. The van der Waals surface area contributed by atoms with Crippen molar-refractivity contribution in [1.82, 2.24) is 0 Å². The molecular formula is C13H9BrClIN2O. The number of carbonyl (C=O) groups excluding carboxylic acids is 1. The molecule has 0 saturated heterocycles. The molecule has 98 valence electrons. The predicted molar refractivity (Wildman–Crippen MR) is 90.7 cm³/mol. The van der Waals surface area contributed by atoms with Crippen molar-refractivity contribution in [2.75, 3.05) is 11.1 Å². The highest BCUT2D eigenvalue weighted by Crippen LogP contribution is 2.25. The van der Waals surface area contributed by atoms with Crippen molar-refractivity contribution >= 4 is 67.4 Å². The van der Waals surface area contributed by atoms with Gasteiger partial charge in [0.15, 0.2) is 0 Å². The third-order valence-electron chi connectivity index (χ3n) is 2.43. The van der Waals surface area contributed by atoms with Gasteiger partial charge < -0.3 is 11.1 Å². The second kappa shape index (κ2) is 6.11. The van der Waals surface area contributed by atoms with Gasteiger partial charge >= 0.3 is 0 Å². The standard InChI is InChI=1S/C13H9BrClIN2O/c14-10-3-2-8(16)6-9(10)13(19)18-12-4-1-7(15)5-11(12)17/h1-6H,17H2,(H,18,19). The van der Waals surface area contributed by atoms with E-state index in [1.807, 2.05) is 12.1 Å². The Morgan fingerprint density at radius 1 is 1.26 bits per heavy atom. The highest BCUT2D eigenvalue weighted by molar-refractivity contribution is 14.1. The minimum Gasteiger partial charge on any atom is -0.397 e. The number of hydrogen-bond acceptors (Lipinski definition) is 2. The van der Waals surface area contributed by atoms with E-state index in [2.05, 4.69) is 43.8 Å². The summed E-state index contributed by atoms with van der Waals surface area (Å²) >= 11 is 11.3. The van der Waals surface area contributed by atoms with Gasteiger partial charge in [-0.3, -0.25) is 4.79 Å². The van der Waals surface area contributed by atoms with Gasteiger partial charge in [-0.2, -0.15) is 0 Å². The minimum atomic E-state index is -0.223. The Balaban J connectivity index is 2.28. The fourth-order valence-electron chi connectivity index (χ4n) is 1.51. The molecular weight excluding hydrogens is 442 g/mol. The molecule has 2 rings (SSSR count). The minimum absolute atomic E-state index is 0.223. The van der Waals surface area contributed by atoms with Crippen LogP contribution in [-0.4, -0.2) is 5.91 Å². The molecule has 0 spiro atoms. The van der Waals surface area contributed by atoms with Gasteiger partial charge in [-0.05, 0) is 74.9 Å². The van der Waals surface area contributed by atoms with E-state index in [4.69, 9.17) is 17.3 Å². The Morgan fingerprint density at radius 3 is 2.68 bits per heavy atom. The van der Waals surface area contributed by atoms with Crippen molar-refractivity contribution in [2.24, 2.45) is 0 Å². The van der Waals surface area contributed by atoms with Crippen LogP contribution < -0.4 is 11.1 Å². The zero-order chi connectivity index (χ0) is 14.0. The Kier molecular flexibility index (Phi) is 4.70. The molecule has 19 heavy (non-hydrogen) atoms. The lowest BCUT2D eigenvalue weighted by atomic mass is 10.2. The molecule has 6 heteroatoms. The molecule has 0 aliphatic heterocycles. The van der Waals surface area contributed by atoms with Crippen molar-refractivity contribution in [3.05, 3.63) is 55.0 Å². The maximum absolute atomic E-state index is 12.2. The van der Waals surface area contributed by atoms with Crippen LogP contribution in [0.3, 0.4) is 0 Å². The van der Waals surface area contributed by atoms with Crippen molar-refractivity contribution in [3.63, 3.8) is 0 Å². The molecule has 0 radical (unpaired) electrons. The molecule has 1 amide bonds. The zero-order valence-electron chi connectivity index (χ0n) is 9.58. The van der Waals surface area contributed by atoms with E-state index >= 15 is 0 Å². The molecule has 3 nitrogen and oxygen atoms in total. The number of anilines is 2. The lowest BCUT2D eigenvalue weighted by Gasteiger charge is -2.10. The normalized spacial score (nSPS) is 10.3. The van der Waals surface area contributed by atoms with E-state index < -0.39 is 0 Å². The molecule has 0 aliphatic rings. The highest BCUT2D eigenvalue weighted by atomic mass is 127. The SMILES string of the molecule is Nc1cc(Cl)ccc1NC(=O)c1cc(I)ccc1Br. The van der Waals surface area contributed by atoms with Crippen LogP contribution in [0.15, 0.2) is 40.9 Å². The summed E-state index contributed by atoms with van der Waals surface area (Å²) in [6, 6.07) is 10.5. The third kappa shape index (κ3) is 3.61. The number of hydrogen-bond donors (Lipinski definition) is 2. The smallest absolute Gasteiger partial charge is 0.256 e. The van der Waals surface area contributed by atoms with E-state index in [0.717, 1.165) is 8.04 Å². The Hall–Kier alpha value is -0.790. The summed E-state index contributed by atoms with van der Waals surface area (Å²) in [4.78, 5) is 12.2. The quantitative estimate of drug-likeness (QED) is 0.520. The van der Waals surface area contributed by atoms with Crippen molar-refractivity contribution in [3.8, 4) is 0 Å². The summed E-state index contributed by atoms with van der Waals surface area (Å²) < 4.78 is 1.72. The molecule has 2 aromatic carbocycles. The Morgan fingerprint density at radius 2 is 2.00 bits per heavy atom. The number of rotatable bonds is 2. The van der Waals surface area contributed by atoms with Crippen molar-refractivity contribution in [1.29, 1.82) is 0 Å². The van der Waals surface area contributed by atoms with E-state index in [-0.39, 0.29) is 5.91 Å². The molecule has 3 N–H and O–H groups in total. The number of nitrogen functional groups attached to an aromatic ring is 1. The van der Waals surface area contributed by atoms with Crippen LogP contribution in [0, 0.1) is 3.57 Å². The maximum Gasteiger partial charge on any atom is 0.256 e. The van der Waals surface area contributed by atoms with Crippen LogP contribution in [0.25, 0.3) is 0 Å². The van der Waals surface area contributed by atoms with E-state index in [0.29, 0.717) is 22.0 Å². The van der Waals surface area contributed by atoms with Crippen LogP contribution in [0.5, 0.6) is 0 Å². The first-order valence-corrected chi connectivity index (χ1v) is 7.54. The summed E-state index contributed by atoms with van der Waals surface area (Å²) in [6.07, 6.45) is 0. The molecule has 0 heterocycles. The summed E-state index contributed by atoms with van der Waals surface area (Å²) in [5.74, 6) is -0.223. The number of nitrogens with one attached hydrogen (secondary N) is 1. The van der Waals surface area contributed by atoms with Crippen LogP contribution in [0.4, 0.5) is 11.4 Å². The molecule has 0 saturated carbocycles. The van der Waals surface area contributed by atoms with Gasteiger partial charge in [-0.25, -0.2) is 0 Å². The lowest BCUT2D eigenvalue weighted by molar-refractivity contribution is 0.102. The Bertz CT molecular complexity index is 649. The van der Waals surface area contributed by atoms with Gasteiger partial charge in [-0.15, -0.1) is 0 Å². The van der Waals surface area contributed by atoms with Crippen LogP contribution in [0.1, 0.15) is 10.4 Å². The topological polar surface area (TPSA) is 55.1 Å². The fraction of sp³-hybridized carbons (Fsp3) is 0. The van der Waals surface area contributed by atoms with Gasteiger partial charge in [0.1, 0.15) is 0 Å². The predicted octanol–water partition coefficient (Wildman–Crippen LogP) is 4.54. The highest BCUT2D eigenvalue weighted by Gasteiger charge is 2.12. The maximum atomic E-state index is 12.2. The van der Waals surface area contributed by atoms with Crippen LogP contribution >= 0.6 is 50.1 Å². The second-order valence-corrected chi connectivity index (χ2v) is 6.35. The summed E-state index contributed by atoms with van der Waals surface area (Å²) in [6.45, 7) is 0. The summed E-state index contributed by atoms with van der Waals surface area (Å²) in [5.41, 5.74) is 7.33. The molecule has 2 aromatic rings. The number of halogens is 3. The first-order chi connectivity index (χ1) is 8.97. The van der Waals surface area contributed by atoms with Gasteiger partial charge in [-0.1, -0.05) is 11.6 Å². The van der Waals surface area contributed by atoms with Crippen LogP contribution in [-0.2, 0) is 0 Å². The molecule has 0 bridgehead atoms. The summed E-state index contributed by atoms with van der Waals surface area (Å²) in [7, 11) is 0. The van der Waals surface area contributed by atoms with Gasteiger partial charge in [0.05, 0.1) is 16.9 Å². The van der Waals surface area contributed by atoms with E-state index in [1.54, 1.807) is 24.3 Å². The van der Waals surface area contributed by atoms with Gasteiger partial charge in [0.2, 0.25) is 0 Å². The van der Waals surface area contributed by atoms with E-state index in [1.165, 1.54) is 0 Å². The van der Waals surface area contributed by atoms with Gasteiger partial charge in [0.25, 0.3) is 5.91 Å². The molecule has 0 atom stereocenters. The molecule has 0 aromatic heterocycles. The third-order valence-corrected chi connectivity index (χ3v) is 4.03. The number of amides is 1. The zero-order valence-corrected chi connectivity index (χ0v) is 14.1. The average Bonchev–Trinajstić information content (AvgIpc) is 2.35. The molecule has 0 fully saturated rings. The van der Waals surface area contributed by atoms with Crippen molar-refractivity contribution < 1.29 is 4.79 Å². The number of benzene rings is 2. The van der Waals surface area contributed by atoms with Crippen molar-refractivity contribution in [2.45, 2.75) is 0 Å². The molecule has 0 unspecified atom stereocenters. The monoisotopic (exact) mass is 450 g/mol. The largest absolute Gasteiger partial charge is 0.397 e. The molecule has 0 aliphatic carbocycles. The van der Waals surface area contributed by atoms with E-state index in [9.17, 15) is 4.79 Å². The second-order valence-electron chi connectivity index (χ2n) is 3.81. The average molecular weight is 451 g/mol. The summed E-state index contributed by atoms with van der Waals surface area (Å²) in [5, 5.41) is 3.30. The number of carbonyl (C=O) groups is 1. The van der Waals surface area contributed by atoms with Crippen LogP contribution in [0.2, 0.25) is 5.02 Å². The van der Waals surface area contributed by atoms with Gasteiger partial charge in [0, 0.05) is 13.1 Å². The number of nitrogens with two attached hydrogens (primary N) is 1. The first kappa shape index (κ1) is 14.6.